The van der Waals surface area contributed by atoms with E-state index in [0.29, 0.717) is 18.4 Å². The van der Waals surface area contributed by atoms with Crippen molar-refractivity contribution in [3.05, 3.63) is 0 Å². The van der Waals surface area contributed by atoms with E-state index in [9.17, 15) is 4.79 Å². The number of amides is 1. The first-order valence-electron chi connectivity index (χ1n) is 6.63. The van der Waals surface area contributed by atoms with E-state index < -0.39 is 0 Å². The summed E-state index contributed by atoms with van der Waals surface area (Å²) in [6.07, 6.45) is 2.19. The Kier molecular flexibility index (Phi) is 5.92. The molecule has 0 bridgehead atoms. The van der Waals surface area contributed by atoms with Gasteiger partial charge in [-0.3, -0.25) is 9.69 Å². The molecule has 17 heavy (non-hydrogen) atoms. The second kappa shape index (κ2) is 6.97. The monoisotopic (exact) mass is 242 g/mol. The fraction of sp³-hybridized carbons (Fsp3) is 0.923. The van der Waals surface area contributed by atoms with Gasteiger partial charge in [-0.1, -0.05) is 13.8 Å². The summed E-state index contributed by atoms with van der Waals surface area (Å²) in [5.41, 5.74) is 0. The zero-order valence-electron chi connectivity index (χ0n) is 11.3. The zero-order valence-corrected chi connectivity index (χ0v) is 11.3. The van der Waals surface area contributed by atoms with Crippen LogP contribution in [0.15, 0.2) is 0 Å². The standard InChI is InChI=1S/C13H26N2O2/c1-10(2)4-5-11(3)14-13(17)8-15-6-12(7-15)9-16/h10-12,16H,4-9H2,1-3H3,(H,14,17). The van der Waals surface area contributed by atoms with Gasteiger partial charge in [-0.05, 0) is 25.7 Å². The van der Waals surface area contributed by atoms with Crippen LogP contribution in [0.3, 0.4) is 0 Å². The van der Waals surface area contributed by atoms with Crippen molar-refractivity contribution in [2.45, 2.75) is 39.7 Å². The highest BCUT2D eigenvalue weighted by molar-refractivity contribution is 5.78. The van der Waals surface area contributed by atoms with Crippen LogP contribution in [0.25, 0.3) is 0 Å². The van der Waals surface area contributed by atoms with E-state index in [1.54, 1.807) is 0 Å². The predicted molar refractivity (Wildman–Crippen MR) is 68.7 cm³/mol. The van der Waals surface area contributed by atoms with Crippen LogP contribution in [-0.2, 0) is 4.79 Å². The van der Waals surface area contributed by atoms with Gasteiger partial charge in [0.25, 0.3) is 0 Å². The molecule has 1 atom stereocenters. The molecule has 0 radical (unpaired) electrons. The highest BCUT2D eigenvalue weighted by Crippen LogP contribution is 2.13. The van der Waals surface area contributed by atoms with Gasteiger partial charge in [0.2, 0.25) is 5.91 Å². The van der Waals surface area contributed by atoms with Gasteiger partial charge >= 0.3 is 0 Å². The van der Waals surface area contributed by atoms with Crippen LogP contribution in [-0.4, -0.2) is 48.2 Å². The minimum Gasteiger partial charge on any atom is -0.396 e. The van der Waals surface area contributed by atoms with Gasteiger partial charge in [0, 0.05) is 31.7 Å². The fourth-order valence-corrected chi connectivity index (χ4v) is 2.10. The highest BCUT2D eigenvalue weighted by Gasteiger charge is 2.27. The van der Waals surface area contributed by atoms with E-state index in [4.69, 9.17) is 5.11 Å². The molecule has 0 aromatic heterocycles. The minimum absolute atomic E-state index is 0.109. The summed E-state index contributed by atoms with van der Waals surface area (Å²) < 4.78 is 0. The molecule has 1 aliphatic heterocycles. The Morgan fingerprint density at radius 1 is 1.35 bits per heavy atom. The average Bonchev–Trinajstić information content (AvgIpc) is 2.19. The number of hydrogen-bond acceptors (Lipinski definition) is 3. The van der Waals surface area contributed by atoms with Gasteiger partial charge in [0.05, 0.1) is 6.54 Å². The van der Waals surface area contributed by atoms with Crippen molar-refractivity contribution in [3.8, 4) is 0 Å². The van der Waals surface area contributed by atoms with Crippen LogP contribution in [0.5, 0.6) is 0 Å². The molecular formula is C13H26N2O2. The summed E-state index contributed by atoms with van der Waals surface area (Å²) in [5, 5.41) is 11.9. The summed E-state index contributed by atoms with van der Waals surface area (Å²) in [5.74, 6) is 1.17. The quantitative estimate of drug-likeness (QED) is 0.696. The van der Waals surface area contributed by atoms with Crippen molar-refractivity contribution in [2.75, 3.05) is 26.2 Å². The van der Waals surface area contributed by atoms with Gasteiger partial charge in [0.15, 0.2) is 0 Å². The number of hydrogen-bond donors (Lipinski definition) is 2. The number of nitrogens with zero attached hydrogens (tertiary/aromatic N) is 1. The lowest BCUT2D eigenvalue weighted by Gasteiger charge is -2.37. The van der Waals surface area contributed by atoms with Crippen molar-refractivity contribution in [1.82, 2.24) is 10.2 Å². The minimum atomic E-state index is 0.109. The van der Waals surface area contributed by atoms with Crippen molar-refractivity contribution >= 4 is 5.91 Å². The average molecular weight is 242 g/mol. The predicted octanol–water partition coefficient (Wildman–Crippen LogP) is 0.851. The van der Waals surface area contributed by atoms with E-state index in [2.05, 4.69) is 31.0 Å². The number of aliphatic hydroxyl groups is 1. The normalized spacial score (nSPS) is 19.1. The molecule has 1 amide bonds. The molecule has 1 aliphatic rings. The van der Waals surface area contributed by atoms with Crippen LogP contribution in [0.1, 0.15) is 33.6 Å². The lowest BCUT2D eigenvalue weighted by Crippen LogP contribution is -2.52. The molecule has 0 saturated carbocycles. The molecule has 0 aliphatic carbocycles. The van der Waals surface area contributed by atoms with E-state index in [0.717, 1.165) is 25.9 Å². The molecule has 1 heterocycles. The Morgan fingerprint density at radius 3 is 2.53 bits per heavy atom. The summed E-state index contributed by atoms with van der Waals surface area (Å²) in [7, 11) is 0. The van der Waals surface area contributed by atoms with E-state index in [1.165, 1.54) is 0 Å². The van der Waals surface area contributed by atoms with Crippen molar-refractivity contribution in [3.63, 3.8) is 0 Å². The Bertz CT molecular complexity index is 238. The molecule has 1 fully saturated rings. The smallest absolute Gasteiger partial charge is 0.234 e. The SMILES string of the molecule is CC(C)CCC(C)NC(=O)CN1CC(CO)C1. The summed E-state index contributed by atoms with van der Waals surface area (Å²) in [6.45, 7) is 8.88. The third kappa shape index (κ3) is 5.50. The first kappa shape index (κ1) is 14.5. The van der Waals surface area contributed by atoms with Crippen LogP contribution >= 0.6 is 0 Å². The molecule has 0 aromatic rings. The first-order valence-corrected chi connectivity index (χ1v) is 6.63. The van der Waals surface area contributed by atoms with Crippen molar-refractivity contribution < 1.29 is 9.90 Å². The summed E-state index contributed by atoms with van der Waals surface area (Å²) in [6, 6.07) is 0.264. The van der Waals surface area contributed by atoms with Gasteiger partial charge < -0.3 is 10.4 Å². The number of nitrogens with one attached hydrogen (secondary N) is 1. The molecular weight excluding hydrogens is 216 g/mol. The van der Waals surface area contributed by atoms with E-state index >= 15 is 0 Å². The first-order chi connectivity index (χ1) is 8.01. The summed E-state index contributed by atoms with van der Waals surface area (Å²) in [4.78, 5) is 13.8. The zero-order chi connectivity index (χ0) is 12.8. The number of aliphatic hydroxyl groups excluding tert-OH is 1. The van der Waals surface area contributed by atoms with Gasteiger partial charge in [-0.15, -0.1) is 0 Å². The third-order valence-electron chi connectivity index (χ3n) is 3.24. The van der Waals surface area contributed by atoms with E-state index in [1.807, 2.05) is 0 Å². The maximum atomic E-state index is 11.7. The Morgan fingerprint density at radius 2 is 2.00 bits per heavy atom. The lowest BCUT2D eigenvalue weighted by molar-refractivity contribution is -0.124. The fourth-order valence-electron chi connectivity index (χ4n) is 2.10. The molecule has 1 unspecified atom stereocenters. The number of likely N-dealkylation sites (tertiary alicyclic amines) is 1. The second-order valence-corrected chi connectivity index (χ2v) is 5.68. The topological polar surface area (TPSA) is 52.6 Å². The number of carbonyl (C=O) groups excluding carboxylic acids is 1. The Hall–Kier alpha value is -0.610. The Balaban J connectivity index is 2.08. The van der Waals surface area contributed by atoms with Gasteiger partial charge in [-0.25, -0.2) is 0 Å². The molecule has 1 rings (SSSR count). The maximum Gasteiger partial charge on any atom is 0.234 e. The number of carbonyl (C=O) groups is 1. The van der Waals surface area contributed by atoms with Gasteiger partial charge in [-0.2, -0.15) is 0 Å². The van der Waals surface area contributed by atoms with Crippen molar-refractivity contribution in [2.24, 2.45) is 11.8 Å². The largest absolute Gasteiger partial charge is 0.396 e. The highest BCUT2D eigenvalue weighted by atomic mass is 16.3. The maximum absolute atomic E-state index is 11.7. The van der Waals surface area contributed by atoms with Crippen LogP contribution in [0, 0.1) is 11.8 Å². The molecule has 0 aromatic carbocycles. The second-order valence-electron chi connectivity index (χ2n) is 5.68. The third-order valence-corrected chi connectivity index (χ3v) is 3.24. The molecule has 4 heteroatoms. The molecule has 4 nitrogen and oxygen atoms in total. The van der Waals surface area contributed by atoms with Crippen LogP contribution in [0.2, 0.25) is 0 Å². The van der Waals surface area contributed by atoms with Crippen molar-refractivity contribution in [1.29, 1.82) is 0 Å². The molecule has 100 valence electrons. The van der Waals surface area contributed by atoms with Crippen LogP contribution in [0.4, 0.5) is 0 Å². The van der Waals surface area contributed by atoms with Crippen LogP contribution < -0.4 is 5.32 Å². The lowest BCUT2D eigenvalue weighted by atomic mass is 10.0. The molecule has 2 N–H and O–H groups in total. The van der Waals surface area contributed by atoms with Gasteiger partial charge in [0.1, 0.15) is 0 Å². The molecule has 1 saturated heterocycles. The Labute approximate surface area is 104 Å². The van der Waals surface area contributed by atoms with E-state index in [-0.39, 0.29) is 18.6 Å². The number of rotatable bonds is 7. The summed E-state index contributed by atoms with van der Waals surface area (Å²) >= 11 is 0. The molecule has 0 spiro atoms.